The number of hydrogen-bond acceptors (Lipinski definition) is 3. The van der Waals surface area contributed by atoms with E-state index in [0.29, 0.717) is 17.5 Å². The van der Waals surface area contributed by atoms with Gasteiger partial charge in [-0.05, 0) is 56.1 Å². The third kappa shape index (κ3) is 6.31. The first-order chi connectivity index (χ1) is 14.6. The van der Waals surface area contributed by atoms with Gasteiger partial charge in [0.25, 0.3) is 5.91 Å². The van der Waals surface area contributed by atoms with Crippen LogP contribution >= 0.6 is 11.6 Å². The smallest absolute Gasteiger partial charge is 0.253 e. The molecule has 1 heterocycles. The number of likely N-dealkylation sites (tertiary alicyclic amines) is 1. The molecule has 160 valence electrons. The van der Waals surface area contributed by atoms with Gasteiger partial charge in [-0.25, -0.2) is 0 Å². The second-order valence-electron chi connectivity index (χ2n) is 7.73. The van der Waals surface area contributed by atoms with Crippen molar-refractivity contribution >= 4 is 29.1 Å². The Kier molecular flexibility index (Phi) is 8.29. The minimum Gasteiger partial charge on any atom is -0.339 e. The summed E-state index contributed by atoms with van der Waals surface area (Å²) in [5.41, 5.74) is 1.47. The van der Waals surface area contributed by atoms with Crippen LogP contribution in [0.4, 0.5) is 5.69 Å². The molecule has 0 spiro atoms. The van der Waals surface area contributed by atoms with Crippen LogP contribution in [0, 0.1) is 0 Å². The molecule has 0 unspecified atom stereocenters. The van der Waals surface area contributed by atoms with Crippen molar-refractivity contribution in [1.82, 2.24) is 9.80 Å². The third-order valence-corrected chi connectivity index (χ3v) is 5.77. The summed E-state index contributed by atoms with van der Waals surface area (Å²) in [4.78, 5) is 29.4. The lowest BCUT2D eigenvalue weighted by molar-refractivity contribution is -0.116. The average molecular weight is 428 g/mol. The molecule has 0 atom stereocenters. The Hall–Kier alpha value is -2.37. The lowest BCUT2D eigenvalue weighted by atomic mass is 10.0. The lowest BCUT2D eigenvalue weighted by Gasteiger charge is -2.38. The van der Waals surface area contributed by atoms with Crippen LogP contribution in [0.1, 0.15) is 43.0 Å². The van der Waals surface area contributed by atoms with E-state index in [1.165, 1.54) is 0 Å². The summed E-state index contributed by atoms with van der Waals surface area (Å²) in [6.07, 6.45) is 3.36. The van der Waals surface area contributed by atoms with Gasteiger partial charge < -0.3 is 10.2 Å². The summed E-state index contributed by atoms with van der Waals surface area (Å²) in [6.45, 7) is 5.35. The zero-order chi connectivity index (χ0) is 21.3. The number of halogens is 1. The van der Waals surface area contributed by atoms with Crippen molar-refractivity contribution < 1.29 is 9.59 Å². The van der Waals surface area contributed by atoms with Gasteiger partial charge in [0, 0.05) is 48.4 Å². The second kappa shape index (κ2) is 11.1. The minimum atomic E-state index is -0.00457. The van der Waals surface area contributed by atoms with Crippen molar-refractivity contribution in [2.45, 2.75) is 38.6 Å². The van der Waals surface area contributed by atoms with E-state index >= 15 is 0 Å². The number of piperidine rings is 1. The molecule has 0 radical (unpaired) electrons. The largest absolute Gasteiger partial charge is 0.339 e. The number of carbonyl (C=O) groups excluding carboxylic acids is 2. The van der Waals surface area contributed by atoms with E-state index in [-0.39, 0.29) is 11.8 Å². The monoisotopic (exact) mass is 427 g/mol. The Morgan fingerprint density at radius 3 is 2.47 bits per heavy atom. The topological polar surface area (TPSA) is 52.7 Å². The quantitative estimate of drug-likeness (QED) is 0.665. The summed E-state index contributed by atoms with van der Waals surface area (Å²) in [7, 11) is 0. The molecule has 1 N–H and O–H groups in total. The van der Waals surface area contributed by atoms with Gasteiger partial charge in [-0.1, -0.05) is 42.8 Å². The molecule has 30 heavy (non-hydrogen) atoms. The van der Waals surface area contributed by atoms with Crippen LogP contribution < -0.4 is 5.32 Å². The van der Waals surface area contributed by atoms with E-state index in [2.05, 4.69) is 17.1 Å². The number of hydrogen-bond donors (Lipinski definition) is 1. The first kappa shape index (κ1) is 22.3. The fourth-order valence-corrected chi connectivity index (χ4v) is 4.19. The molecule has 1 saturated heterocycles. The summed E-state index contributed by atoms with van der Waals surface area (Å²) in [6, 6.07) is 17.1. The predicted molar refractivity (Wildman–Crippen MR) is 122 cm³/mol. The molecule has 3 rings (SSSR count). The number of amides is 2. The van der Waals surface area contributed by atoms with Crippen molar-refractivity contribution in [3.8, 4) is 0 Å². The molecule has 0 aliphatic carbocycles. The zero-order valence-corrected chi connectivity index (χ0v) is 18.3. The fourth-order valence-electron chi connectivity index (χ4n) is 4.00. The van der Waals surface area contributed by atoms with Crippen molar-refractivity contribution in [2.24, 2.45) is 0 Å². The van der Waals surface area contributed by atoms with Gasteiger partial charge >= 0.3 is 0 Å². The van der Waals surface area contributed by atoms with Crippen LogP contribution in [-0.2, 0) is 4.79 Å². The fraction of sp³-hybridized carbons (Fsp3) is 0.417. The van der Waals surface area contributed by atoms with Crippen LogP contribution in [0.3, 0.4) is 0 Å². The first-order valence-corrected chi connectivity index (χ1v) is 11.1. The molecule has 1 fully saturated rings. The van der Waals surface area contributed by atoms with Crippen molar-refractivity contribution in [3.05, 3.63) is 65.2 Å². The lowest BCUT2D eigenvalue weighted by Crippen LogP contribution is -2.47. The van der Waals surface area contributed by atoms with Crippen molar-refractivity contribution in [2.75, 3.05) is 31.5 Å². The molecule has 2 amide bonds. The normalized spacial score (nSPS) is 14.7. The van der Waals surface area contributed by atoms with Crippen molar-refractivity contribution in [3.63, 3.8) is 0 Å². The molecule has 0 bridgehead atoms. The number of carbonyl (C=O) groups is 2. The first-order valence-electron chi connectivity index (χ1n) is 10.7. The highest BCUT2D eigenvalue weighted by Gasteiger charge is 2.27. The molecular formula is C24H30ClN3O2. The van der Waals surface area contributed by atoms with Crippen LogP contribution in [0.25, 0.3) is 0 Å². The summed E-state index contributed by atoms with van der Waals surface area (Å²) in [5, 5.41) is 3.53. The number of rotatable bonds is 8. The second-order valence-corrected chi connectivity index (χ2v) is 8.17. The maximum atomic E-state index is 12.7. The number of nitrogens with zero attached hydrogens (tertiary/aromatic N) is 2. The molecule has 2 aromatic rings. The highest BCUT2D eigenvalue weighted by molar-refractivity contribution is 6.30. The Morgan fingerprint density at radius 2 is 1.80 bits per heavy atom. The van der Waals surface area contributed by atoms with E-state index in [1.54, 1.807) is 12.1 Å². The zero-order valence-electron chi connectivity index (χ0n) is 17.5. The van der Waals surface area contributed by atoms with E-state index in [0.717, 1.165) is 56.7 Å². The molecule has 0 aromatic heterocycles. The number of benzene rings is 2. The van der Waals surface area contributed by atoms with E-state index in [1.807, 2.05) is 47.4 Å². The molecule has 1 aliphatic heterocycles. The van der Waals surface area contributed by atoms with Gasteiger partial charge in [0.1, 0.15) is 0 Å². The van der Waals surface area contributed by atoms with E-state index < -0.39 is 0 Å². The Bertz CT molecular complexity index is 835. The van der Waals surface area contributed by atoms with Crippen LogP contribution in [0.2, 0.25) is 5.02 Å². The van der Waals surface area contributed by atoms with Gasteiger partial charge in [-0.2, -0.15) is 0 Å². The highest BCUT2D eigenvalue weighted by atomic mass is 35.5. The van der Waals surface area contributed by atoms with Crippen LogP contribution in [-0.4, -0.2) is 53.8 Å². The average Bonchev–Trinajstić information content (AvgIpc) is 2.77. The molecule has 0 saturated carbocycles. The maximum absolute atomic E-state index is 12.7. The molecule has 5 nitrogen and oxygen atoms in total. The van der Waals surface area contributed by atoms with E-state index in [4.69, 9.17) is 11.6 Å². The van der Waals surface area contributed by atoms with Gasteiger partial charge in [0.15, 0.2) is 0 Å². The standard InChI is InChI=1S/C24H30ClN3O2/c1-2-14-27(17-13-23(29)26-21-10-6-9-20(25)18-21)22-11-15-28(16-12-22)24(30)19-7-4-3-5-8-19/h3-10,18,22H,2,11-17H2,1H3,(H,26,29). The third-order valence-electron chi connectivity index (χ3n) is 5.53. The van der Waals surface area contributed by atoms with Gasteiger partial charge in [0.05, 0.1) is 0 Å². The predicted octanol–water partition coefficient (Wildman–Crippen LogP) is 4.69. The Labute approximate surface area is 184 Å². The van der Waals surface area contributed by atoms with Crippen LogP contribution in [0.5, 0.6) is 0 Å². The Morgan fingerprint density at radius 1 is 1.07 bits per heavy atom. The molecule has 1 aliphatic rings. The summed E-state index contributed by atoms with van der Waals surface area (Å²) < 4.78 is 0. The van der Waals surface area contributed by atoms with Gasteiger partial charge in [0.2, 0.25) is 5.91 Å². The minimum absolute atomic E-state index is 0.00457. The Balaban J connectivity index is 1.49. The van der Waals surface area contributed by atoms with Crippen LogP contribution in [0.15, 0.2) is 54.6 Å². The van der Waals surface area contributed by atoms with Crippen molar-refractivity contribution in [1.29, 1.82) is 0 Å². The SMILES string of the molecule is CCCN(CCC(=O)Nc1cccc(Cl)c1)C1CCN(C(=O)c2ccccc2)CC1. The summed E-state index contributed by atoms with van der Waals surface area (Å²) >= 11 is 5.98. The molecule has 2 aromatic carbocycles. The van der Waals surface area contributed by atoms with E-state index in [9.17, 15) is 9.59 Å². The summed E-state index contributed by atoms with van der Waals surface area (Å²) in [5.74, 6) is 0.104. The molecule has 6 heteroatoms. The van der Waals surface area contributed by atoms with Gasteiger partial charge in [-0.15, -0.1) is 0 Å². The highest BCUT2D eigenvalue weighted by Crippen LogP contribution is 2.20. The maximum Gasteiger partial charge on any atom is 0.253 e. The number of nitrogens with one attached hydrogen (secondary N) is 1. The number of anilines is 1. The molecular weight excluding hydrogens is 398 g/mol. The van der Waals surface area contributed by atoms with Gasteiger partial charge in [-0.3, -0.25) is 14.5 Å².